The van der Waals surface area contributed by atoms with Crippen molar-refractivity contribution in [2.45, 2.75) is 12.5 Å². The average molecular weight is 488 g/mol. The number of pyridine rings is 1. The Kier molecular flexibility index (Phi) is 6.35. The van der Waals surface area contributed by atoms with Gasteiger partial charge in [0.2, 0.25) is 0 Å². The number of ether oxygens (including phenoxy) is 2. The summed E-state index contributed by atoms with van der Waals surface area (Å²) in [5, 5.41) is 4.85. The van der Waals surface area contributed by atoms with Gasteiger partial charge in [0.05, 0.1) is 18.9 Å². The monoisotopic (exact) mass is 487 g/mol. The molecule has 0 amide bonds. The van der Waals surface area contributed by atoms with Gasteiger partial charge in [-0.05, 0) is 42.8 Å². The molecule has 3 aromatic heterocycles. The lowest BCUT2D eigenvalue weighted by molar-refractivity contribution is 0.0971. The lowest BCUT2D eigenvalue weighted by Gasteiger charge is -2.18. The standard InChI is InChI=1S/C26H25N5O3S/c1-33-17-11-16(12-18(13-17)34-2)30-23(26-31-25-22(35-26)4-3-9-28-25)24(32)20-14-29-21-6-5-15(7-8-27)10-19(20)21/h3-6,9-14,23,29-30H,7-8,27H2,1-2H3. The van der Waals surface area contributed by atoms with E-state index in [2.05, 4.69) is 20.3 Å². The van der Waals surface area contributed by atoms with Gasteiger partial charge >= 0.3 is 0 Å². The van der Waals surface area contributed by atoms with E-state index in [1.807, 2.05) is 42.5 Å². The molecule has 0 saturated heterocycles. The Morgan fingerprint density at radius 1 is 1.14 bits per heavy atom. The van der Waals surface area contributed by atoms with E-state index >= 15 is 0 Å². The number of nitrogens with two attached hydrogens (primary N) is 1. The second kappa shape index (κ2) is 9.73. The van der Waals surface area contributed by atoms with Crippen molar-refractivity contribution in [1.29, 1.82) is 0 Å². The number of aromatic amines is 1. The fraction of sp³-hybridized carbons (Fsp3) is 0.192. The van der Waals surface area contributed by atoms with Crippen molar-refractivity contribution in [2.75, 3.05) is 26.1 Å². The van der Waals surface area contributed by atoms with E-state index in [4.69, 9.17) is 15.2 Å². The van der Waals surface area contributed by atoms with Crippen molar-refractivity contribution in [3.8, 4) is 11.5 Å². The van der Waals surface area contributed by atoms with Crippen molar-refractivity contribution in [2.24, 2.45) is 5.73 Å². The summed E-state index contributed by atoms with van der Waals surface area (Å²) < 4.78 is 11.7. The number of thiazole rings is 1. The van der Waals surface area contributed by atoms with Crippen LogP contribution in [0.1, 0.15) is 27.0 Å². The highest BCUT2D eigenvalue weighted by atomic mass is 32.1. The Bertz CT molecular complexity index is 1450. The van der Waals surface area contributed by atoms with Gasteiger partial charge in [0.25, 0.3) is 0 Å². The molecule has 1 atom stereocenters. The molecule has 178 valence electrons. The Hall–Kier alpha value is -3.95. The van der Waals surface area contributed by atoms with Crippen LogP contribution in [-0.4, -0.2) is 41.5 Å². The molecule has 0 aliphatic rings. The molecule has 0 fully saturated rings. The Morgan fingerprint density at radius 2 is 1.94 bits per heavy atom. The number of H-pyrrole nitrogens is 1. The molecule has 9 heteroatoms. The summed E-state index contributed by atoms with van der Waals surface area (Å²) in [6, 6.07) is 14.5. The number of rotatable bonds is 9. The summed E-state index contributed by atoms with van der Waals surface area (Å²) in [7, 11) is 3.18. The van der Waals surface area contributed by atoms with Crippen LogP contribution in [0.25, 0.3) is 21.3 Å². The first-order valence-electron chi connectivity index (χ1n) is 11.1. The van der Waals surface area contributed by atoms with E-state index in [0.717, 1.165) is 27.6 Å². The predicted octanol–water partition coefficient (Wildman–Crippen LogP) is 4.73. The fourth-order valence-electron chi connectivity index (χ4n) is 4.06. The van der Waals surface area contributed by atoms with Gasteiger partial charge in [-0.3, -0.25) is 4.79 Å². The molecule has 8 nitrogen and oxygen atoms in total. The maximum absolute atomic E-state index is 14.1. The summed E-state index contributed by atoms with van der Waals surface area (Å²) >= 11 is 1.44. The number of anilines is 1. The van der Waals surface area contributed by atoms with E-state index < -0.39 is 6.04 Å². The summed E-state index contributed by atoms with van der Waals surface area (Å²) in [6.45, 7) is 0.541. The maximum Gasteiger partial charge on any atom is 0.194 e. The fourth-order valence-corrected chi connectivity index (χ4v) is 5.03. The van der Waals surface area contributed by atoms with Crippen LogP contribution < -0.4 is 20.5 Å². The van der Waals surface area contributed by atoms with Gasteiger partial charge in [0.15, 0.2) is 11.4 Å². The molecular formula is C26H25N5O3S. The van der Waals surface area contributed by atoms with Crippen molar-refractivity contribution < 1.29 is 14.3 Å². The third-order valence-corrected chi connectivity index (χ3v) is 6.87. The minimum Gasteiger partial charge on any atom is -0.497 e. The third-order valence-electron chi connectivity index (χ3n) is 5.80. The zero-order valence-corrected chi connectivity index (χ0v) is 20.2. The minimum absolute atomic E-state index is 0.109. The smallest absolute Gasteiger partial charge is 0.194 e. The van der Waals surface area contributed by atoms with Gasteiger partial charge in [-0.2, -0.15) is 0 Å². The second-order valence-electron chi connectivity index (χ2n) is 8.04. The number of nitrogens with zero attached hydrogens (tertiary/aromatic N) is 2. The van der Waals surface area contributed by atoms with Gasteiger partial charge in [-0.15, -0.1) is 11.3 Å². The largest absolute Gasteiger partial charge is 0.497 e. The van der Waals surface area contributed by atoms with Gasteiger partial charge < -0.3 is 25.5 Å². The number of carbonyl (C=O) groups is 1. The zero-order chi connectivity index (χ0) is 24.4. The van der Waals surface area contributed by atoms with Gasteiger partial charge in [-0.25, -0.2) is 9.97 Å². The van der Waals surface area contributed by atoms with Crippen LogP contribution in [0.4, 0.5) is 5.69 Å². The van der Waals surface area contributed by atoms with E-state index in [9.17, 15) is 4.79 Å². The maximum atomic E-state index is 14.1. The number of benzene rings is 2. The molecule has 35 heavy (non-hydrogen) atoms. The van der Waals surface area contributed by atoms with Crippen molar-refractivity contribution in [3.63, 3.8) is 0 Å². The third kappa shape index (κ3) is 4.55. The molecule has 0 aliphatic heterocycles. The molecule has 3 heterocycles. The summed E-state index contributed by atoms with van der Waals surface area (Å²) in [5.41, 5.74) is 9.60. The summed E-state index contributed by atoms with van der Waals surface area (Å²) in [5.74, 6) is 1.12. The molecule has 0 saturated carbocycles. The summed E-state index contributed by atoms with van der Waals surface area (Å²) in [6.07, 6.45) is 4.19. The number of fused-ring (bicyclic) bond motifs is 2. The molecule has 0 spiro atoms. The molecular weight excluding hydrogens is 462 g/mol. The SMILES string of the molecule is COc1cc(NC(C(=O)c2c[nH]c3ccc(CCN)cc23)c2nc3ncccc3s2)cc(OC)c1. The number of nitrogens with one attached hydrogen (secondary N) is 2. The van der Waals surface area contributed by atoms with Crippen LogP contribution >= 0.6 is 11.3 Å². The van der Waals surface area contributed by atoms with E-state index in [1.54, 1.807) is 32.7 Å². The molecule has 2 aromatic carbocycles. The van der Waals surface area contributed by atoms with Crippen LogP contribution in [0.5, 0.6) is 11.5 Å². The molecule has 5 aromatic rings. The van der Waals surface area contributed by atoms with Crippen LogP contribution in [-0.2, 0) is 6.42 Å². The first-order chi connectivity index (χ1) is 17.1. The van der Waals surface area contributed by atoms with Crippen LogP contribution in [0.3, 0.4) is 0 Å². The zero-order valence-electron chi connectivity index (χ0n) is 19.4. The number of carbonyl (C=O) groups excluding carboxylic acids is 1. The highest BCUT2D eigenvalue weighted by Gasteiger charge is 2.28. The lowest BCUT2D eigenvalue weighted by atomic mass is 10.0. The quantitative estimate of drug-likeness (QED) is 0.258. The first kappa shape index (κ1) is 22.8. The molecule has 5 rings (SSSR count). The van der Waals surface area contributed by atoms with E-state index in [1.165, 1.54) is 11.3 Å². The number of methoxy groups -OCH3 is 2. The number of aromatic nitrogens is 3. The van der Waals surface area contributed by atoms with Crippen molar-refractivity contribution >= 4 is 44.1 Å². The molecule has 0 aliphatic carbocycles. The first-order valence-corrected chi connectivity index (χ1v) is 12.0. The van der Waals surface area contributed by atoms with Crippen LogP contribution in [0.2, 0.25) is 0 Å². The lowest BCUT2D eigenvalue weighted by Crippen LogP contribution is -2.21. The number of ketones is 1. The Labute approximate surface area is 206 Å². The normalized spacial score (nSPS) is 12.1. The minimum atomic E-state index is -0.747. The highest BCUT2D eigenvalue weighted by Crippen LogP contribution is 2.34. The van der Waals surface area contributed by atoms with Crippen molar-refractivity contribution in [3.05, 3.63) is 77.1 Å². The molecule has 4 N–H and O–H groups in total. The predicted molar refractivity (Wildman–Crippen MR) is 139 cm³/mol. The van der Waals surface area contributed by atoms with Crippen LogP contribution in [0, 0.1) is 0 Å². The van der Waals surface area contributed by atoms with Gasteiger partial charge in [0.1, 0.15) is 22.5 Å². The number of Topliss-reactive ketones (excluding diaryl/α,β-unsaturated/α-hetero) is 1. The number of hydrogen-bond acceptors (Lipinski definition) is 8. The van der Waals surface area contributed by atoms with Crippen LogP contribution in [0.15, 0.2) is 60.9 Å². The number of hydrogen-bond donors (Lipinski definition) is 3. The Balaban J connectivity index is 1.60. The molecule has 0 radical (unpaired) electrons. The van der Waals surface area contributed by atoms with Gasteiger partial charge in [0, 0.05) is 52.7 Å². The van der Waals surface area contributed by atoms with E-state index in [-0.39, 0.29) is 5.78 Å². The topological polar surface area (TPSA) is 115 Å². The molecule has 0 bridgehead atoms. The highest BCUT2D eigenvalue weighted by molar-refractivity contribution is 7.18. The average Bonchev–Trinajstić information content (AvgIpc) is 3.51. The van der Waals surface area contributed by atoms with E-state index in [0.29, 0.717) is 39.9 Å². The Morgan fingerprint density at radius 3 is 2.66 bits per heavy atom. The second-order valence-corrected chi connectivity index (χ2v) is 9.10. The summed E-state index contributed by atoms with van der Waals surface area (Å²) in [4.78, 5) is 26.3. The van der Waals surface area contributed by atoms with Crippen molar-refractivity contribution in [1.82, 2.24) is 15.0 Å². The van der Waals surface area contributed by atoms with Gasteiger partial charge in [-0.1, -0.05) is 6.07 Å². The molecule has 1 unspecified atom stereocenters.